The van der Waals surface area contributed by atoms with Crippen LogP contribution in [0.5, 0.6) is 0 Å². The monoisotopic (exact) mass is 393 g/mol. The quantitative estimate of drug-likeness (QED) is 0.803. The van der Waals surface area contributed by atoms with Crippen molar-refractivity contribution < 1.29 is 13.2 Å². The van der Waals surface area contributed by atoms with E-state index in [0.29, 0.717) is 17.4 Å². The Balaban J connectivity index is 1.71. The first kappa shape index (κ1) is 20.3. The molecule has 6 nitrogen and oxygen atoms in total. The molecule has 3 N–H and O–H groups in total. The second kappa shape index (κ2) is 7.89. The van der Waals surface area contributed by atoms with Gasteiger partial charge in [-0.3, -0.25) is 4.79 Å². The van der Waals surface area contributed by atoms with E-state index in [2.05, 4.69) is 5.32 Å². The fourth-order valence-corrected chi connectivity index (χ4v) is 5.85. The van der Waals surface area contributed by atoms with Crippen LogP contribution in [0.25, 0.3) is 0 Å². The van der Waals surface area contributed by atoms with Gasteiger partial charge in [-0.1, -0.05) is 6.42 Å². The number of carbonyl (C=O) groups is 1. The van der Waals surface area contributed by atoms with Crippen molar-refractivity contribution in [3.63, 3.8) is 0 Å². The van der Waals surface area contributed by atoms with Crippen LogP contribution >= 0.6 is 0 Å². The molecule has 3 rings (SSSR count). The maximum Gasteiger partial charge on any atom is 0.251 e. The molecule has 2 atom stereocenters. The molecular weight excluding hydrogens is 362 g/mol. The molecule has 2 aliphatic carbocycles. The average Bonchev–Trinajstić information content (AvgIpc) is 2.61. The zero-order valence-corrected chi connectivity index (χ0v) is 17.2. The molecule has 2 fully saturated rings. The second-order valence-electron chi connectivity index (χ2n) is 8.32. The summed E-state index contributed by atoms with van der Waals surface area (Å²) in [6, 6.07) is 6.52. The molecule has 150 valence electrons. The summed E-state index contributed by atoms with van der Waals surface area (Å²) in [6.45, 7) is 3.65. The smallest absolute Gasteiger partial charge is 0.251 e. The fraction of sp³-hybridized carbons (Fsp3) is 0.650. The Hall–Kier alpha value is -1.44. The Morgan fingerprint density at radius 2 is 1.70 bits per heavy atom. The first-order valence-corrected chi connectivity index (χ1v) is 11.3. The van der Waals surface area contributed by atoms with Crippen molar-refractivity contribution in [2.24, 2.45) is 17.6 Å². The molecule has 0 aromatic heterocycles. The Bertz CT molecular complexity index is 762. The number of hydrogen-bond donors (Lipinski definition) is 2. The number of sulfonamides is 1. The number of benzene rings is 1. The lowest BCUT2D eigenvalue weighted by atomic mass is 9.67. The summed E-state index contributed by atoms with van der Waals surface area (Å²) in [6.07, 6.45) is 5.40. The Morgan fingerprint density at radius 1 is 1.15 bits per heavy atom. The molecule has 0 radical (unpaired) electrons. The maximum atomic E-state index is 12.7. The van der Waals surface area contributed by atoms with Crippen molar-refractivity contribution in [2.45, 2.75) is 69.0 Å². The van der Waals surface area contributed by atoms with Gasteiger partial charge in [-0.05, 0) is 75.6 Å². The van der Waals surface area contributed by atoms with Crippen molar-refractivity contribution in [3.8, 4) is 0 Å². The highest BCUT2D eigenvalue weighted by atomic mass is 32.2. The van der Waals surface area contributed by atoms with Crippen molar-refractivity contribution in [1.82, 2.24) is 9.62 Å². The first-order valence-electron chi connectivity index (χ1n) is 9.84. The third-order valence-corrected chi connectivity index (χ3v) is 8.24. The van der Waals surface area contributed by atoms with E-state index in [1.165, 1.54) is 22.9 Å². The number of fused-ring (bicyclic) bond motifs is 2. The SMILES string of the molecule is CC(C)N(C)S(=O)(=O)c1ccc(C(=O)NC2C3CCCC2CC(N)C3)cc1. The van der Waals surface area contributed by atoms with E-state index in [1.807, 2.05) is 13.8 Å². The van der Waals surface area contributed by atoms with Crippen LogP contribution < -0.4 is 11.1 Å². The minimum Gasteiger partial charge on any atom is -0.349 e. The molecule has 7 heteroatoms. The van der Waals surface area contributed by atoms with Crippen LogP contribution in [0.15, 0.2) is 29.2 Å². The Morgan fingerprint density at radius 3 is 2.22 bits per heavy atom. The van der Waals surface area contributed by atoms with Gasteiger partial charge < -0.3 is 11.1 Å². The van der Waals surface area contributed by atoms with Crippen LogP contribution in [-0.4, -0.2) is 43.8 Å². The van der Waals surface area contributed by atoms with Crippen molar-refractivity contribution in [3.05, 3.63) is 29.8 Å². The fourth-order valence-electron chi connectivity index (χ4n) is 4.48. The van der Waals surface area contributed by atoms with Crippen LogP contribution in [-0.2, 0) is 10.0 Å². The van der Waals surface area contributed by atoms with E-state index in [1.54, 1.807) is 19.2 Å². The number of carbonyl (C=O) groups excluding carboxylic acids is 1. The van der Waals surface area contributed by atoms with Gasteiger partial charge in [-0.15, -0.1) is 0 Å². The van der Waals surface area contributed by atoms with E-state index in [9.17, 15) is 13.2 Å². The van der Waals surface area contributed by atoms with Gasteiger partial charge in [0.05, 0.1) is 4.90 Å². The Kier molecular flexibility index (Phi) is 5.93. The zero-order valence-electron chi connectivity index (χ0n) is 16.4. The van der Waals surface area contributed by atoms with E-state index >= 15 is 0 Å². The lowest BCUT2D eigenvalue weighted by Crippen LogP contribution is -2.53. The summed E-state index contributed by atoms with van der Waals surface area (Å²) >= 11 is 0. The molecule has 1 amide bonds. The predicted octanol–water partition coefficient (Wildman–Crippen LogP) is 2.35. The highest BCUT2D eigenvalue weighted by Gasteiger charge is 2.40. The largest absolute Gasteiger partial charge is 0.349 e. The summed E-state index contributed by atoms with van der Waals surface area (Å²) in [5.74, 6) is 0.778. The topological polar surface area (TPSA) is 92.5 Å². The molecule has 2 bridgehead atoms. The second-order valence-corrected chi connectivity index (χ2v) is 10.3. The average molecular weight is 394 g/mol. The maximum absolute atomic E-state index is 12.7. The normalized spacial score (nSPS) is 28.4. The summed E-state index contributed by atoms with van der Waals surface area (Å²) < 4.78 is 26.4. The molecule has 2 aliphatic rings. The summed E-state index contributed by atoms with van der Waals surface area (Å²) in [7, 11) is -1.98. The highest BCUT2D eigenvalue weighted by molar-refractivity contribution is 7.89. The van der Waals surface area contributed by atoms with Gasteiger partial charge in [0.15, 0.2) is 0 Å². The third kappa shape index (κ3) is 4.20. The molecule has 0 aliphatic heterocycles. The van der Waals surface area contributed by atoms with Gasteiger partial charge >= 0.3 is 0 Å². The van der Waals surface area contributed by atoms with Crippen LogP contribution in [0.1, 0.15) is 56.3 Å². The number of amides is 1. The van der Waals surface area contributed by atoms with Crippen molar-refractivity contribution in [2.75, 3.05) is 7.05 Å². The molecule has 27 heavy (non-hydrogen) atoms. The van der Waals surface area contributed by atoms with E-state index < -0.39 is 10.0 Å². The minimum atomic E-state index is -3.54. The number of hydrogen-bond acceptors (Lipinski definition) is 4. The molecule has 0 heterocycles. The van der Waals surface area contributed by atoms with E-state index in [-0.39, 0.29) is 28.9 Å². The molecule has 1 aromatic carbocycles. The first-order chi connectivity index (χ1) is 12.7. The molecule has 1 aromatic rings. The predicted molar refractivity (Wildman–Crippen MR) is 106 cm³/mol. The van der Waals surface area contributed by atoms with Crippen molar-refractivity contribution >= 4 is 15.9 Å². The molecule has 0 saturated heterocycles. The van der Waals surface area contributed by atoms with Crippen molar-refractivity contribution in [1.29, 1.82) is 0 Å². The minimum absolute atomic E-state index is 0.130. The summed E-state index contributed by atoms with van der Waals surface area (Å²) in [4.78, 5) is 12.9. The summed E-state index contributed by atoms with van der Waals surface area (Å²) in [5, 5.41) is 3.20. The van der Waals surface area contributed by atoms with E-state index in [4.69, 9.17) is 5.73 Å². The van der Waals surface area contributed by atoms with Gasteiger partial charge in [0, 0.05) is 30.7 Å². The van der Waals surface area contributed by atoms with Crippen LogP contribution in [0.4, 0.5) is 0 Å². The number of rotatable bonds is 5. The third-order valence-electron chi connectivity index (χ3n) is 6.20. The van der Waals surface area contributed by atoms with Crippen LogP contribution in [0, 0.1) is 11.8 Å². The van der Waals surface area contributed by atoms with Gasteiger partial charge in [-0.25, -0.2) is 8.42 Å². The van der Waals surface area contributed by atoms with Crippen LogP contribution in [0.3, 0.4) is 0 Å². The lowest BCUT2D eigenvalue weighted by Gasteiger charge is -2.45. The zero-order chi connectivity index (χ0) is 19.8. The molecule has 2 unspecified atom stereocenters. The summed E-state index contributed by atoms with van der Waals surface area (Å²) in [5.41, 5.74) is 6.65. The van der Waals surface area contributed by atoms with Gasteiger partial charge in [0.2, 0.25) is 10.0 Å². The molecule has 2 saturated carbocycles. The number of nitrogens with one attached hydrogen (secondary N) is 1. The number of nitrogens with two attached hydrogens (primary N) is 1. The Labute approximate surface area is 162 Å². The molecule has 0 spiro atoms. The van der Waals surface area contributed by atoms with Gasteiger partial charge in [0.25, 0.3) is 5.91 Å². The van der Waals surface area contributed by atoms with Gasteiger partial charge in [0.1, 0.15) is 0 Å². The number of nitrogens with zero attached hydrogens (tertiary/aromatic N) is 1. The standard InChI is InChI=1S/C20H31N3O3S/c1-13(2)23(3)27(25,26)18-9-7-14(8-10-18)20(24)22-19-15-5-4-6-16(19)12-17(21)11-15/h7-10,13,15-17,19H,4-6,11-12,21H2,1-3H3,(H,22,24). The highest BCUT2D eigenvalue weighted by Crippen LogP contribution is 2.39. The lowest BCUT2D eigenvalue weighted by molar-refractivity contribution is 0.0756. The van der Waals surface area contributed by atoms with E-state index in [0.717, 1.165) is 25.7 Å². The van der Waals surface area contributed by atoms with Crippen LogP contribution in [0.2, 0.25) is 0 Å². The molecular formula is C20H31N3O3S. The van der Waals surface area contributed by atoms with Gasteiger partial charge in [-0.2, -0.15) is 4.31 Å².